The fourth-order valence-electron chi connectivity index (χ4n) is 3.21. The van der Waals surface area contributed by atoms with Crippen LogP contribution in [0.2, 0.25) is 0 Å². The number of hydrogen-bond donors (Lipinski definition) is 2. The van der Waals surface area contributed by atoms with Gasteiger partial charge in [-0.25, -0.2) is 19.3 Å². The van der Waals surface area contributed by atoms with Gasteiger partial charge in [0.25, 0.3) is 0 Å². The Labute approximate surface area is 162 Å². The van der Waals surface area contributed by atoms with Gasteiger partial charge >= 0.3 is 0 Å². The Morgan fingerprint density at radius 1 is 1.26 bits per heavy atom. The number of aliphatic hydroxyl groups is 1. The van der Waals surface area contributed by atoms with E-state index in [2.05, 4.69) is 32.9 Å². The van der Waals surface area contributed by atoms with Gasteiger partial charge in [-0.15, -0.1) is 12.4 Å². The van der Waals surface area contributed by atoms with Crippen LogP contribution in [0.5, 0.6) is 0 Å². The van der Waals surface area contributed by atoms with Gasteiger partial charge in [0.15, 0.2) is 17.0 Å². The van der Waals surface area contributed by atoms with Crippen molar-refractivity contribution in [2.75, 3.05) is 5.73 Å². The van der Waals surface area contributed by atoms with Gasteiger partial charge in [0.05, 0.1) is 0 Å². The normalized spacial score (nSPS) is 15.2. The minimum absolute atomic E-state index is 0. The molecule has 0 amide bonds. The molecule has 0 bridgehead atoms. The summed E-state index contributed by atoms with van der Waals surface area (Å²) in [5, 5.41) is 10.4. The summed E-state index contributed by atoms with van der Waals surface area (Å²) in [6.45, 7) is 0. The molecule has 1 saturated carbocycles. The van der Waals surface area contributed by atoms with Gasteiger partial charge in [0.1, 0.15) is 17.2 Å². The number of aryl methyl sites for hydroxylation is 1. The highest BCUT2D eigenvalue weighted by atomic mass is 35.5. The molecule has 0 atom stereocenters. The van der Waals surface area contributed by atoms with Crippen LogP contribution in [-0.4, -0.2) is 30.2 Å². The van der Waals surface area contributed by atoms with Crippen LogP contribution in [-0.2, 0) is 7.05 Å². The number of fused-ring (bicyclic) bond motifs is 1. The summed E-state index contributed by atoms with van der Waals surface area (Å²) in [5.41, 5.74) is 6.46. The predicted octanol–water partition coefficient (Wildman–Crippen LogP) is 2.63. The molecule has 1 radical (unpaired) electrons. The zero-order chi connectivity index (χ0) is 18.3. The monoisotopic (exact) mass is 386 g/mol. The van der Waals surface area contributed by atoms with Gasteiger partial charge in [-0.05, 0) is 37.7 Å². The van der Waals surface area contributed by atoms with Crippen LogP contribution >= 0.6 is 12.4 Å². The van der Waals surface area contributed by atoms with E-state index in [1.807, 2.05) is 0 Å². The molecule has 1 aromatic carbocycles. The summed E-state index contributed by atoms with van der Waals surface area (Å²) in [6, 6.07) is 7.25. The highest BCUT2D eigenvalue weighted by molar-refractivity contribution is 5.86. The minimum atomic E-state index is -0.971. The van der Waals surface area contributed by atoms with E-state index < -0.39 is 11.4 Å². The molecule has 0 saturated heterocycles. The molecule has 2 heterocycles. The van der Waals surface area contributed by atoms with E-state index >= 15 is 0 Å². The molecule has 3 N–H and O–H groups in total. The first-order chi connectivity index (χ1) is 12.5. The molecule has 8 heteroatoms. The van der Waals surface area contributed by atoms with Crippen LogP contribution in [0.1, 0.15) is 31.5 Å². The number of benzene rings is 1. The lowest BCUT2D eigenvalue weighted by atomic mass is 10.0. The third-order valence-electron chi connectivity index (χ3n) is 4.58. The topological polar surface area (TPSA) is 89.9 Å². The first-order valence-corrected chi connectivity index (χ1v) is 8.39. The number of anilines is 1. The summed E-state index contributed by atoms with van der Waals surface area (Å²) < 4.78 is 15.2. The van der Waals surface area contributed by atoms with Crippen molar-refractivity contribution < 1.29 is 9.50 Å². The molecule has 4 rings (SSSR count). The Morgan fingerprint density at radius 3 is 2.70 bits per heavy atom. The Bertz CT molecular complexity index is 1060. The van der Waals surface area contributed by atoms with Crippen LogP contribution in [0.4, 0.5) is 10.2 Å². The molecule has 1 aliphatic carbocycles. The van der Waals surface area contributed by atoms with Crippen LogP contribution in [0.25, 0.3) is 22.6 Å². The maximum Gasteiger partial charge on any atom is 0.209 e. The van der Waals surface area contributed by atoms with Gasteiger partial charge in [0.2, 0.25) is 5.82 Å². The fourth-order valence-corrected chi connectivity index (χ4v) is 3.21. The third kappa shape index (κ3) is 3.59. The molecular formula is C19H18ClFN5O. The van der Waals surface area contributed by atoms with Gasteiger partial charge in [-0.3, -0.25) is 0 Å². The van der Waals surface area contributed by atoms with E-state index in [0.717, 1.165) is 12.8 Å². The zero-order valence-electron chi connectivity index (χ0n) is 14.7. The first-order valence-electron chi connectivity index (χ1n) is 8.39. The van der Waals surface area contributed by atoms with Gasteiger partial charge < -0.3 is 15.4 Å². The number of nitrogen functional groups attached to an aromatic ring is 1. The zero-order valence-corrected chi connectivity index (χ0v) is 15.5. The second-order valence-corrected chi connectivity index (χ2v) is 6.50. The highest BCUT2D eigenvalue weighted by Crippen LogP contribution is 2.29. The Hall–Kier alpha value is -2.69. The fraction of sp³-hybridized carbons (Fsp3) is 0.316. The molecule has 6 nitrogen and oxygen atoms in total. The van der Waals surface area contributed by atoms with Crippen LogP contribution in [0.3, 0.4) is 0 Å². The van der Waals surface area contributed by atoms with Crippen molar-refractivity contribution in [3.8, 4) is 23.2 Å². The third-order valence-corrected chi connectivity index (χ3v) is 4.58. The van der Waals surface area contributed by atoms with E-state index in [4.69, 9.17) is 5.73 Å². The van der Waals surface area contributed by atoms with Crippen LogP contribution in [0, 0.1) is 23.7 Å². The summed E-state index contributed by atoms with van der Waals surface area (Å²) >= 11 is 0. The maximum atomic E-state index is 13.5. The lowest BCUT2D eigenvalue weighted by Gasteiger charge is -2.12. The number of rotatable bonds is 1. The minimum Gasteiger partial charge on any atom is -0.382 e. The van der Waals surface area contributed by atoms with E-state index in [0.29, 0.717) is 35.4 Å². The summed E-state index contributed by atoms with van der Waals surface area (Å²) in [4.78, 5) is 13.0. The van der Waals surface area contributed by atoms with E-state index in [-0.39, 0.29) is 24.0 Å². The largest absolute Gasteiger partial charge is 0.382 e. The lowest BCUT2D eigenvalue weighted by molar-refractivity contribution is 0.110. The SMILES string of the molecule is Cl.Cn1c(-c2[c]c(F)ccc2)nc2c(N)nc(C#CC3(O)CCCC3)nc21. The van der Waals surface area contributed by atoms with Crippen molar-refractivity contribution in [1.82, 2.24) is 19.5 Å². The van der Waals surface area contributed by atoms with Crippen LogP contribution < -0.4 is 5.73 Å². The number of imidazole rings is 1. The van der Waals surface area contributed by atoms with Gasteiger partial charge in [0, 0.05) is 18.7 Å². The Morgan fingerprint density at radius 2 is 2.00 bits per heavy atom. The number of nitrogens with zero attached hydrogens (tertiary/aromatic N) is 4. The van der Waals surface area contributed by atoms with Gasteiger partial charge in [-0.2, -0.15) is 0 Å². The predicted molar refractivity (Wildman–Crippen MR) is 102 cm³/mol. The maximum absolute atomic E-state index is 13.5. The summed E-state index contributed by atoms with van der Waals surface area (Å²) in [5.74, 6) is 6.14. The van der Waals surface area contributed by atoms with Crippen molar-refractivity contribution in [2.24, 2.45) is 7.05 Å². The Kier molecular flexibility index (Phi) is 5.05. The van der Waals surface area contributed by atoms with E-state index in [1.165, 1.54) is 6.07 Å². The summed E-state index contributed by atoms with van der Waals surface area (Å²) in [7, 11) is 1.76. The molecule has 27 heavy (non-hydrogen) atoms. The smallest absolute Gasteiger partial charge is 0.209 e. The highest BCUT2D eigenvalue weighted by Gasteiger charge is 2.28. The van der Waals surface area contributed by atoms with Gasteiger partial charge in [-0.1, -0.05) is 18.1 Å². The molecule has 1 aliphatic rings. The number of halogens is 2. The molecule has 139 valence electrons. The lowest BCUT2D eigenvalue weighted by Crippen LogP contribution is -2.20. The molecule has 3 aromatic rings. The van der Waals surface area contributed by atoms with E-state index in [9.17, 15) is 9.50 Å². The molecule has 0 unspecified atom stereocenters. The Balaban J connectivity index is 0.00000210. The quantitative estimate of drug-likeness (QED) is 0.627. The first kappa shape index (κ1) is 19.1. The average molecular weight is 387 g/mol. The van der Waals surface area contributed by atoms with Crippen LogP contribution in [0.15, 0.2) is 18.2 Å². The van der Waals surface area contributed by atoms with E-state index in [1.54, 1.807) is 23.7 Å². The standard InChI is InChI=1S/C19H17FN5O.ClH/c1-25-17(12-5-4-6-13(20)11-12)24-15-16(21)22-14(23-18(15)25)7-10-19(26)8-2-3-9-19;/h4-6,26H,2-3,8-9H2,1H3,(H2,21,22,23);1H. The summed E-state index contributed by atoms with van der Waals surface area (Å²) in [6.07, 6.45) is 3.23. The van der Waals surface area contributed by atoms with Crippen molar-refractivity contribution in [3.05, 3.63) is 35.9 Å². The van der Waals surface area contributed by atoms with Crippen molar-refractivity contribution in [3.63, 3.8) is 0 Å². The van der Waals surface area contributed by atoms with Crippen molar-refractivity contribution in [2.45, 2.75) is 31.3 Å². The second kappa shape index (κ2) is 7.14. The second-order valence-electron chi connectivity index (χ2n) is 6.50. The average Bonchev–Trinajstić information content (AvgIpc) is 3.18. The molecule has 1 fully saturated rings. The van der Waals surface area contributed by atoms with Crippen molar-refractivity contribution >= 4 is 29.4 Å². The number of hydrogen-bond acceptors (Lipinski definition) is 5. The molecule has 2 aromatic heterocycles. The number of aromatic nitrogens is 4. The number of nitrogens with two attached hydrogens (primary N) is 1. The molecule has 0 aliphatic heterocycles. The molecular weight excluding hydrogens is 369 g/mol. The van der Waals surface area contributed by atoms with Crippen molar-refractivity contribution in [1.29, 1.82) is 0 Å². The molecule has 0 spiro atoms.